The Morgan fingerprint density at radius 3 is 2.76 bits per heavy atom. The van der Waals surface area contributed by atoms with Crippen molar-refractivity contribution in [1.82, 2.24) is 5.32 Å². The van der Waals surface area contributed by atoms with E-state index in [0.29, 0.717) is 37.7 Å². The van der Waals surface area contributed by atoms with E-state index in [2.05, 4.69) is 5.32 Å². The van der Waals surface area contributed by atoms with Crippen LogP contribution in [-0.2, 0) is 22.2 Å². The zero-order chi connectivity index (χ0) is 15.3. The van der Waals surface area contributed by atoms with Crippen LogP contribution in [0, 0.1) is 0 Å². The quantitative estimate of drug-likeness (QED) is 0.905. The Balaban J connectivity index is 1.96. The molecule has 118 valence electrons. The third-order valence-electron chi connectivity index (χ3n) is 3.18. The Labute approximate surface area is 121 Å². The van der Waals surface area contributed by atoms with Gasteiger partial charge in [-0.25, -0.2) is 0 Å². The second-order valence-corrected chi connectivity index (χ2v) is 4.72. The highest BCUT2D eigenvalue weighted by Crippen LogP contribution is 2.32. The number of hydrogen-bond donors (Lipinski definition) is 1. The van der Waals surface area contributed by atoms with Gasteiger partial charge < -0.3 is 19.5 Å². The summed E-state index contributed by atoms with van der Waals surface area (Å²) in [6.07, 6.45) is -4.43. The molecule has 1 aliphatic rings. The SMILES string of the molecule is COc1ccc(C(F)(F)F)cc1CNC[C@@H]1COCCO1. The van der Waals surface area contributed by atoms with E-state index in [1.807, 2.05) is 0 Å². The van der Waals surface area contributed by atoms with E-state index in [9.17, 15) is 13.2 Å². The Morgan fingerprint density at radius 2 is 2.14 bits per heavy atom. The maximum atomic E-state index is 12.7. The molecule has 7 heteroatoms. The molecule has 0 aromatic heterocycles. The van der Waals surface area contributed by atoms with E-state index in [-0.39, 0.29) is 12.6 Å². The molecule has 1 aromatic rings. The molecule has 1 saturated heterocycles. The summed E-state index contributed by atoms with van der Waals surface area (Å²) in [5, 5.41) is 3.07. The molecule has 2 rings (SSSR count). The van der Waals surface area contributed by atoms with E-state index < -0.39 is 11.7 Å². The van der Waals surface area contributed by atoms with Crippen LogP contribution in [0.1, 0.15) is 11.1 Å². The van der Waals surface area contributed by atoms with Gasteiger partial charge in [0.2, 0.25) is 0 Å². The number of alkyl halides is 3. The number of halogens is 3. The average Bonchev–Trinajstić information content (AvgIpc) is 2.47. The summed E-state index contributed by atoms with van der Waals surface area (Å²) in [6, 6.07) is 3.45. The van der Waals surface area contributed by atoms with Crippen LogP contribution in [0.3, 0.4) is 0 Å². The zero-order valence-electron chi connectivity index (χ0n) is 11.7. The van der Waals surface area contributed by atoms with Crippen LogP contribution in [0.5, 0.6) is 5.75 Å². The Hall–Kier alpha value is -1.31. The first-order valence-corrected chi connectivity index (χ1v) is 6.65. The van der Waals surface area contributed by atoms with Crippen molar-refractivity contribution in [3.8, 4) is 5.75 Å². The Morgan fingerprint density at radius 1 is 1.33 bits per heavy atom. The van der Waals surface area contributed by atoms with E-state index in [4.69, 9.17) is 14.2 Å². The highest BCUT2D eigenvalue weighted by Gasteiger charge is 2.31. The number of methoxy groups -OCH3 is 1. The lowest BCUT2D eigenvalue weighted by atomic mass is 10.1. The van der Waals surface area contributed by atoms with Gasteiger partial charge in [-0.2, -0.15) is 13.2 Å². The summed E-state index contributed by atoms with van der Waals surface area (Å²) in [7, 11) is 1.43. The molecule has 0 spiro atoms. The molecule has 0 unspecified atom stereocenters. The van der Waals surface area contributed by atoms with E-state index in [0.717, 1.165) is 12.1 Å². The largest absolute Gasteiger partial charge is 0.496 e. The molecular formula is C14H18F3NO3. The molecule has 0 bridgehead atoms. The van der Waals surface area contributed by atoms with Gasteiger partial charge in [0, 0.05) is 18.7 Å². The van der Waals surface area contributed by atoms with Crippen molar-refractivity contribution in [3.05, 3.63) is 29.3 Å². The molecule has 1 atom stereocenters. The van der Waals surface area contributed by atoms with Crippen LogP contribution < -0.4 is 10.1 Å². The first-order chi connectivity index (χ1) is 10.0. The summed E-state index contributed by atoms with van der Waals surface area (Å²) in [4.78, 5) is 0. The van der Waals surface area contributed by atoms with Crippen LogP contribution in [0.15, 0.2) is 18.2 Å². The molecule has 1 fully saturated rings. The van der Waals surface area contributed by atoms with Crippen molar-refractivity contribution in [2.45, 2.75) is 18.8 Å². The smallest absolute Gasteiger partial charge is 0.416 e. The van der Waals surface area contributed by atoms with Crippen molar-refractivity contribution in [2.75, 3.05) is 33.5 Å². The maximum absolute atomic E-state index is 12.7. The minimum Gasteiger partial charge on any atom is -0.496 e. The van der Waals surface area contributed by atoms with Crippen LogP contribution in [0.2, 0.25) is 0 Å². The van der Waals surface area contributed by atoms with Crippen LogP contribution in [0.25, 0.3) is 0 Å². The summed E-state index contributed by atoms with van der Waals surface area (Å²) in [5.74, 6) is 0.427. The topological polar surface area (TPSA) is 39.7 Å². The zero-order valence-corrected chi connectivity index (χ0v) is 11.7. The van der Waals surface area contributed by atoms with Crippen LogP contribution >= 0.6 is 0 Å². The highest BCUT2D eigenvalue weighted by molar-refractivity contribution is 5.38. The predicted octanol–water partition coefficient (Wildman–Crippen LogP) is 2.22. The van der Waals surface area contributed by atoms with Crippen molar-refractivity contribution in [1.29, 1.82) is 0 Å². The fraction of sp³-hybridized carbons (Fsp3) is 0.571. The molecular weight excluding hydrogens is 287 g/mol. The standard InChI is InChI=1S/C14H18F3NO3/c1-19-13-3-2-11(14(15,16)17)6-10(13)7-18-8-12-9-20-4-5-21-12/h2-3,6,12,18H,4-5,7-9H2,1H3/t12-/m1/s1. The summed E-state index contributed by atoms with van der Waals surface area (Å²) >= 11 is 0. The van der Waals surface area contributed by atoms with Gasteiger partial charge in [0.15, 0.2) is 0 Å². The lowest BCUT2D eigenvalue weighted by molar-refractivity contribution is -0.137. The second kappa shape index (κ2) is 7.11. The van der Waals surface area contributed by atoms with Gasteiger partial charge in [0.1, 0.15) is 5.75 Å². The van der Waals surface area contributed by atoms with Crippen molar-refractivity contribution in [3.63, 3.8) is 0 Å². The minimum absolute atomic E-state index is 0.0736. The number of benzene rings is 1. The van der Waals surface area contributed by atoms with Gasteiger partial charge in [-0.1, -0.05) is 0 Å². The molecule has 0 aliphatic carbocycles. The predicted molar refractivity (Wildman–Crippen MR) is 70.3 cm³/mol. The first kappa shape index (κ1) is 16.1. The Kier molecular flexibility index (Phi) is 5.44. The van der Waals surface area contributed by atoms with Gasteiger partial charge in [0.05, 0.1) is 38.6 Å². The summed E-state index contributed by atoms with van der Waals surface area (Å²) in [6.45, 7) is 2.40. The molecule has 0 amide bonds. The fourth-order valence-corrected chi connectivity index (χ4v) is 2.12. The van der Waals surface area contributed by atoms with Gasteiger partial charge in [-0.15, -0.1) is 0 Å². The second-order valence-electron chi connectivity index (χ2n) is 4.72. The van der Waals surface area contributed by atoms with Gasteiger partial charge in [0.25, 0.3) is 0 Å². The molecule has 1 aromatic carbocycles. The molecule has 1 aliphatic heterocycles. The molecule has 4 nitrogen and oxygen atoms in total. The minimum atomic E-state index is -4.36. The lowest BCUT2D eigenvalue weighted by Crippen LogP contribution is -2.37. The normalized spacial score (nSPS) is 19.5. The number of hydrogen-bond acceptors (Lipinski definition) is 4. The Bertz CT molecular complexity index is 459. The monoisotopic (exact) mass is 305 g/mol. The third kappa shape index (κ3) is 4.59. The molecule has 1 N–H and O–H groups in total. The molecule has 21 heavy (non-hydrogen) atoms. The van der Waals surface area contributed by atoms with E-state index >= 15 is 0 Å². The highest BCUT2D eigenvalue weighted by atomic mass is 19.4. The van der Waals surface area contributed by atoms with E-state index in [1.165, 1.54) is 13.2 Å². The maximum Gasteiger partial charge on any atom is 0.416 e. The van der Waals surface area contributed by atoms with Crippen molar-refractivity contribution >= 4 is 0 Å². The first-order valence-electron chi connectivity index (χ1n) is 6.65. The molecule has 0 saturated carbocycles. The van der Waals surface area contributed by atoms with Gasteiger partial charge >= 0.3 is 6.18 Å². The van der Waals surface area contributed by atoms with Gasteiger partial charge in [-0.05, 0) is 18.2 Å². The fourth-order valence-electron chi connectivity index (χ4n) is 2.12. The summed E-state index contributed by atoms with van der Waals surface area (Å²) in [5.41, 5.74) is -0.221. The van der Waals surface area contributed by atoms with Crippen LogP contribution in [-0.4, -0.2) is 39.6 Å². The van der Waals surface area contributed by atoms with Crippen molar-refractivity contribution in [2.24, 2.45) is 0 Å². The number of nitrogens with one attached hydrogen (secondary N) is 1. The number of ether oxygens (including phenoxy) is 3. The lowest BCUT2D eigenvalue weighted by Gasteiger charge is -2.23. The molecule has 1 heterocycles. The number of rotatable bonds is 5. The third-order valence-corrected chi connectivity index (χ3v) is 3.18. The van der Waals surface area contributed by atoms with E-state index in [1.54, 1.807) is 0 Å². The summed E-state index contributed by atoms with van der Waals surface area (Å²) < 4.78 is 54.0. The average molecular weight is 305 g/mol. The van der Waals surface area contributed by atoms with Crippen molar-refractivity contribution < 1.29 is 27.4 Å². The molecule has 0 radical (unpaired) electrons. The van der Waals surface area contributed by atoms with Gasteiger partial charge in [-0.3, -0.25) is 0 Å². The van der Waals surface area contributed by atoms with Crippen LogP contribution in [0.4, 0.5) is 13.2 Å².